The molecule has 1 aliphatic carbocycles. The van der Waals surface area contributed by atoms with E-state index in [9.17, 15) is 19.8 Å². The highest BCUT2D eigenvalue weighted by Crippen LogP contribution is 2.65. The summed E-state index contributed by atoms with van der Waals surface area (Å²) in [5, 5.41) is 26.4. The van der Waals surface area contributed by atoms with Crippen LogP contribution in [0.3, 0.4) is 0 Å². The third-order valence-corrected chi connectivity index (χ3v) is 16.0. The molecule has 13 heteroatoms. The van der Waals surface area contributed by atoms with E-state index in [0.717, 1.165) is 59.6 Å². The monoisotopic (exact) mass is 812 g/mol. The van der Waals surface area contributed by atoms with Crippen LogP contribution in [0.5, 0.6) is 5.75 Å². The van der Waals surface area contributed by atoms with Crippen LogP contribution >= 0.6 is 0 Å². The van der Waals surface area contributed by atoms with Gasteiger partial charge >= 0.3 is 17.9 Å². The number of carbonyl (C=O) groups is 3. The van der Waals surface area contributed by atoms with Crippen LogP contribution in [0.4, 0.5) is 5.69 Å². The zero-order valence-corrected chi connectivity index (χ0v) is 35.4. The number of aliphatic hydroxyl groups is 2. The zero-order valence-electron chi connectivity index (χ0n) is 35.4. The average Bonchev–Trinajstić information content (AvgIpc) is 3.90. The van der Waals surface area contributed by atoms with Gasteiger partial charge in [0.2, 0.25) is 5.60 Å². The number of aromatic amines is 1. The number of nitrogens with zero attached hydrogens (tertiary/aromatic N) is 1. The van der Waals surface area contributed by atoms with Gasteiger partial charge in [0, 0.05) is 66.6 Å². The molecule has 6 aliphatic rings. The number of nitrogens with one attached hydrogen (secondary N) is 3. The molecule has 0 amide bonds. The highest BCUT2D eigenvalue weighted by molar-refractivity contribution is 5.95. The van der Waals surface area contributed by atoms with Crippen LogP contribution < -0.4 is 19.4 Å². The number of quaternary nitrogens is 2. The predicted molar refractivity (Wildman–Crippen MR) is 219 cm³/mol. The number of piperidine rings is 1. The van der Waals surface area contributed by atoms with E-state index in [1.165, 1.54) is 30.9 Å². The number of aromatic nitrogens is 1. The van der Waals surface area contributed by atoms with Gasteiger partial charge in [-0.3, -0.25) is 9.59 Å². The summed E-state index contributed by atoms with van der Waals surface area (Å²) in [5.41, 5.74) is -1.35. The molecule has 11 unspecified atom stereocenters. The molecule has 2 aromatic carbocycles. The summed E-state index contributed by atoms with van der Waals surface area (Å²) in [4.78, 5) is 51.1. The van der Waals surface area contributed by atoms with E-state index < -0.39 is 57.5 Å². The van der Waals surface area contributed by atoms with E-state index in [1.807, 2.05) is 50.1 Å². The predicted octanol–water partition coefficient (Wildman–Crippen LogP) is 1.16. The van der Waals surface area contributed by atoms with Gasteiger partial charge in [0.15, 0.2) is 6.10 Å². The first-order valence-electron chi connectivity index (χ1n) is 21.4. The second-order valence-electron chi connectivity index (χ2n) is 18.5. The van der Waals surface area contributed by atoms with Crippen LogP contribution in [0.15, 0.2) is 48.6 Å². The number of methoxy groups -OCH3 is 3. The molecule has 5 aliphatic heterocycles. The van der Waals surface area contributed by atoms with Gasteiger partial charge < -0.3 is 48.8 Å². The molecule has 316 valence electrons. The minimum atomic E-state index is -2.29. The van der Waals surface area contributed by atoms with Crippen molar-refractivity contribution in [3.63, 3.8) is 0 Å². The minimum Gasteiger partial charge on any atom is -0.496 e. The normalized spacial score (nSPS) is 37.9. The van der Waals surface area contributed by atoms with Gasteiger partial charge in [0.05, 0.1) is 64.4 Å². The number of carbonyl (C=O) groups excluding carboxylic acids is 3. The molecule has 9 rings (SSSR count). The smallest absolute Gasteiger partial charge is 0.344 e. The van der Waals surface area contributed by atoms with Crippen LogP contribution in [0.25, 0.3) is 10.9 Å². The molecule has 1 saturated carbocycles. The van der Waals surface area contributed by atoms with E-state index >= 15 is 4.79 Å². The number of hydrogen-bond donors (Lipinski definition) is 5. The van der Waals surface area contributed by atoms with E-state index in [0.29, 0.717) is 56.4 Å². The van der Waals surface area contributed by atoms with Gasteiger partial charge in [0.1, 0.15) is 29.4 Å². The molecule has 1 spiro atoms. The zero-order chi connectivity index (χ0) is 41.9. The van der Waals surface area contributed by atoms with E-state index in [2.05, 4.69) is 29.3 Å². The Balaban J connectivity index is 1.36. The highest BCUT2D eigenvalue weighted by atomic mass is 16.6. The molecular formula is C46H60N4O9+2. The van der Waals surface area contributed by atoms with Crippen molar-refractivity contribution in [1.29, 1.82) is 0 Å². The van der Waals surface area contributed by atoms with Crippen LogP contribution in [-0.4, -0.2) is 124 Å². The number of esters is 3. The molecule has 59 heavy (non-hydrogen) atoms. The number of hydrogen-bond acceptors (Lipinski definition) is 10. The first-order valence-corrected chi connectivity index (χ1v) is 21.4. The molecule has 2 bridgehead atoms. The summed E-state index contributed by atoms with van der Waals surface area (Å²) in [6.07, 6.45) is 6.21. The Bertz CT molecular complexity index is 2260. The van der Waals surface area contributed by atoms with Crippen LogP contribution in [0.1, 0.15) is 75.3 Å². The van der Waals surface area contributed by atoms with Crippen LogP contribution in [0, 0.1) is 11.3 Å². The van der Waals surface area contributed by atoms with Crippen molar-refractivity contribution in [1.82, 2.24) is 4.98 Å². The number of fused-ring (bicyclic) bond motifs is 6. The van der Waals surface area contributed by atoms with Gasteiger partial charge in [0.25, 0.3) is 0 Å². The van der Waals surface area contributed by atoms with Crippen molar-refractivity contribution in [3.05, 3.63) is 70.9 Å². The number of para-hydroxylation sites is 1. The van der Waals surface area contributed by atoms with Gasteiger partial charge in [-0.05, 0) is 55.0 Å². The van der Waals surface area contributed by atoms with Crippen molar-refractivity contribution in [2.24, 2.45) is 11.3 Å². The number of H-pyrrole nitrogens is 1. The Hall–Kier alpha value is -4.43. The lowest BCUT2D eigenvalue weighted by Crippen LogP contribution is -3.18. The van der Waals surface area contributed by atoms with Gasteiger partial charge in [-0.25, -0.2) is 4.79 Å². The molecular weight excluding hydrogens is 753 g/mol. The van der Waals surface area contributed by atoms with Crippen molar-refractivity contribution >= 4 is 34.5 Å². The number of anilines is 1. The summed E-state index contributed by atoms with van der Waals surface area (Å²) in [5.74, 6) is -1.47. The molecule has 13 nitrogen and oxygen atoms in total. The van der Waals surface area contributed by atoms with Gasteiger partial charge in [-0.15, -0.1) is 0 Å². The maximum Gasteiger partial charge on any atom is 0.344 e. The SMILES string of the molecule is CCC1(O)CC2C[NH+](CCc3c([nH]c4ccccc34)C(C(=O)OC)(c3cc4c(cc3OC)N(C)C3C(O)(C(=O)OC)C(OC(C)=O)C5(CC)C=CC[NH+]6CCC43C65)C2)C1. The molecule has 5 N–H and O–H groups in total. The summed E-state index contributed by atoms with van der Waals surface area (Å²) in [6.45, 7) is 9.09. The Labute approximate surface area is 345 Å². The first-order chi connectivity index (χ1) is 28.2. The Kier molecular flexibility index (Phi) is 9.36. The molecule has 6 heterocycles. The van der Waals surface area contributed by atoms with Crippen LogP contribution in [0.2, 0.25) is 0 Å². The molecule has 1 aromatic heterocycles. The number of rotatable bonds is 7. The second-order valence-corrected chi connectivity index (χ2v) is 18.5. The maximum absolute atomic E-state index is 15.3. The first kappa shape index (κ1) is 40.0. The standard InChI is InChI=1S/C46H58N4O9/c1-8-42(54)23-28-24-45(40(52)57-6,36-30(15-19-49(25-28)26-42)29-13-10-11-14-33(29)47-36)32-21-31-34(22-35(32)56-5)48(4)38-44(31)17-20-50-18-12-16-43(9-2,37(44)50)39(59-27(3)51)46(38,55)41(53)58-7/h10-14,16,21-22,28,37-39,47,54-55H,8-9,15,17-20,23-26H2,1-7H3/p+2. The third-order valence-electron chi connectivity index (χ3n) is 16.0. The summed E-state index contributed by atoms with van der Waals surface area (Å²) in [7, 11) is 6.19. The van der Waals surface area contributed by atoms with E-state index in [-0.39, 0.29) is 12.0 Å². The van der Waals surface area contributed by atoms with Gasteiger partial charge in [-0.2, -0.15) is 0 Å². The number of ether oxygens (including phenoxy) is 4. The molecule has 3 aromatic rings. The number of likely N-dealkylation sites (N-methyl/N-ethyl adjacent to an activating group) is 1. The molecule has 0 radical (unpaired) electrons. The van der Waals surface area contributed by atoms with Crippen molar-refractivity contribution < 1.29 is 53.3 Å². The summed E-state index contributed by atoms with van der Waals surface area (Å²) in [6, 6.07) is 11.1. The largest absolute Gasteiger partial charge is 0.496 e. The maximum atomic E-state index is 15.3. The number of benzene rings is 2. The fourth-order valence-corrected chi connectivity index (χ4v) is 13.9. The lowest BCUT2D eigenvalue weighted by molar-refractivity contribution is -0.920. The van der Waals surface area contributed by atoms with E-state index in [4.69, 9.17) is 18.9 Å². The fourth-order valence-electron chi connectivity index (χ4n) is 13.9. The second kappa shape index (κ2) is 13.8. The Morgan fingerprint density at radius 2 is 1.75 bits per heavy atom. The highest BCUT2D eigenvalue weighted by Gasteiger charge is 2.82. The molecule has 2 saturated heterocycles. The lowest BCUT2D eigenvalue weighted by atomic mass is 9.47. The lowest BCUT2D eigenvalue weighted by Gasteiger charge is -2.61. The Morgan fingerprint density at radius 3 is 2.44 bits per heavy atom. The molecule has 11 atom stereocenters. The fraction of sp³-hybridized carbons (Fsp3) is 0.587. The van der Waals surface area contributed by atoms with E-state index in [1.54, 1.807) is 7.11 Å². The van der Waals surface area contributed by atoms with Crippen molar-refractivity contribution in [3.8, 4) is 5.75 Å². The molecule has 3 fully saturated rings. The minimum absolute atomic E-state index is 0.0575. The summed E-state index contributed by atoms with van der Waals surface area (Å²) >= 11 is 0. The van der Waals surface area contributed by atoms with Gasteiger partial charge in [-0.1, -0.05) is 38.1 Å². The van der Waals surface area contributed by atoms with Crippen molar-refractivity contribution in [2.45, 2.75) is 99.5 Å². The average molecular weight is 813 g/mol. The Morgan fingerprint density at radius 1 is 0.983 bits per heavy atom. The summed E-state index contributed by atoms with van der Waals surface area (Å²) < 4.78 is 24.0. The topological polar surface area (TPSA) is 156 Å². The quantitative estimate of drug-likeness (QED) is 0.133. The third kappa shape index (κ3) is 5.20. The van der Waals surface area contributed by atoms with Crippen molar-refractivity contribution in [2.75, 3.05) is 66.0 Å². The van der Waals surface area contributed by atoms with Crippen LogP contribution in [-0.2, 0) is 45.8 Å².